The molecular formula is C111H108Ir3N6S3Si3-6. The molecule has 3 radical (unpaired) electrons. The molecule has 0 spiro atoms. The maximum absolute atomic E-state index is 4.78. The Hall–Kier alpha value is -8.86. The first-order valence-corrected chi connectivity index (χ1v) is 57.0. The van der Waals surface area contributed by atoms with E-state index in [9.17, 15) is 0 Å². The maximum Gasteiger partial charge on any atom is 0.0794 e. The van der Waals surface area contributed by atoms with Gasteiger partial charge in [-0.25, -0.2) is 0 Å². The Morgan fingerprint density at radius 1 is 0.254 bits per heavy atom. The zero-order chi connectivity index (χ0) is 84.7. The Morgan fingerprint density at radius 3 is 0.992 bits per heavy atom. The topological polar surface area (TPSA) is 77.3 Å². The van der Waals surface area contributed by atoms with Crippen LogP contribution in [-0.2, 0) is 60.3 Å². The van der Waals surface area contributed by atoms with Gasteiger partial charge in [0, 0.05) is 112 Å². The van der Waals surface area contributed by atoms with Crippen molar-refractivity contribution >= 4 is 134 Å². The van der Waals surface area contributed by atoms with E-state index in [2.05, 4.69) is 238 Å². The van der Waals surface area contributed by atoms with Gasteiger partial charge in [0.05, 0.1) is 24.2 Å². The quantitative estimate of drug-likeness (QED) is 0.0896. The molecule has 0 bridgehead atoms. The van der Waals surface area contributed by atoms with E-state index < -0.39 is 24.2 Å². The van der Waals surface area contributed by atoms with Crippen molar-refractivity contribution < 1.29 is 60.3 Å². The van der Waals surface area contributed by atoms with Crippen molar-refractivity contribution in [3.63, 3.8) is 0 Å². The number of aromatic nitrogens is 6. The van der Waals surface area contributed by atoms with Gasteiger partial charge >= 0.3 is 0 Å². The van der Waals surface area contributed by atoms with E-state index in [4.69, 9.17) is 15.0 Å². The molecule has 9 aromatic heterocycles. The summed E-state index contributed by atoms with van der Waals surface area (Å²) in [6, 6.07) is 109. The number of nitrogens with zero attached hydrogens (tertiary/aromatic N) is 6. The van der Waals surface area contributed by atoms with Gasteiger partial charge in [0.2, 0.25) is 0 Å². The molecule has 3 aliphatic rings. The van der Waals surface area contributed by atoms with Crippen molar-refractivity contribution in [1.29, 1.82) is 0 Å². The van der Waals surface area contributed by atoms with E-state index in [0.717, 1.165) is 62.0 Å². The summed E-state index contributed by atoms with van der Waals surface area (Å²) in [4.78, 5) is 27.0. The van der Waals surface area contributed by atoms with E-state index in [1.165, 1.54) is 189 Å². The molecule has 6 nitrogen and oxygen atoms in total. The van der Waals surface area contributed by atoms with Crippen molar-refractivity contribution in [3.05, 3.63) is 345 Å². The van der Waals surface area contributed by atoms with Crippen LogP contribution in [0, 0.1) is 36.4 Å². The Bertz CT molecular complexity index is 6140. The van der Waals surface area contributed by atoms with Crippen molar-refractivity contribution in [3.8, 4) is 67.5 Å². The van der Waals surface area contributed by atoms with E-state index in [-0.39, 0.29) is 60.3 Å². The summed E-state index contributed by atoms with van der Waals surface area (Å²) in [6.07, 6.45) is 31.6. The van der Waals surface area contributed by atoms with Gasteiger partial charge in [-0.05, 0) is 174 Å². The van der Waals surface area contributed by atoms with Gasteiger partial charge in [-0.1, -0.05) is 257 Å². The predicted molar refractivity (Wildman–Crippen MR) is 536 cm³/mol. The summed E-state index contributed by atoms with van der Waals surface area (Å²) in [5, 5.41) is 12.8. The molecule has 126 heavy (non-hydrogen) atoms. The molecule has 21 rings (SSSR count). The van der Waals surface area contributed by atoms with Gasteiger partial charge in [-0.3, -0.25) is 0 Å². The third kappa shape index (κ3) is 23.4. The number of benzene rings is 9. The molecule has 18 aromatic rings. The summed E-state index contributed by atoms with van der Waals surface area (Å²) in [5.41, 5.74) is 17.2. The van der Waals surface area contributed by atoms with Gasteiger partial charge < -0.3 is 29.9 Å². The first kappa shape index (κ1) is 94.7. The monoisotopic (exact) mass is 2280 g/mol. The molecule has 645 valence electrons. The number of hydrogen-bond donors (Lipinski definition) is 0. The van der Waals surface area contributed by atoms with Crippen molar-refractivity contribution in [2.24, 2.45) is 0 Å². The standard InChI is InChI=1S/3C26H28NSSi.3C11H8N.3Ir/c1-29(2,3)24-14-8-12-21-20-11-7-13-22(25(20)28-26(21)24)23-17-19(15-16-27-23)18-9-5-4-6-10-18;1-29(2,3)20-12-13-21-22-10-7-11-23(26(22)28-25(21)17-20)24-16-19(14-15-27-24)18-8-5-4-6-9-18;1-29(2,3)20-12-13-25-23(17-20)21-10-7-11-22(26(21)28-25)24-16-19(14-15-27-24)18-8-5-4-6-9-18;3*1-2-6-10(7-3-1)11-8-4-5-9-12-11;;;/h7-8,11-12,14-18H,4-6,9-10H2,1-3H3;2*7,10,12-18H,4-6,8-9H2,1-3H3;3*1-6,8-9H;;;/q6*-1;;;. The van der Waals surface area contributed by atoms with Crippen molar-refractivity contribution in [2.75, 3.05) is 0 Å². The van der Waals surface area contributed by atoms with Crippen molar-refractivity contribution in [2.45, 2.75) is 173 Å². The van der Waals surface area contributed by atoms with E-state index in [1.807, 2.05) is 180 Å². The van der Waals surface area contributed by atoms with Gasteiger partial charge in [0.1, 0.15) is 0 Å². The minimum atomic E-state index is -1.40. The molecule has 0 unspecified atom stereocenters. The molecule has 3 aliphatic carbocycles. The summed E-state index contributed by atoms with van der Waals surface area (Å²) >= 11 is 5.74. The van der Waals surface area contributed by atoms with Gasteiger partial charge in [0.15, 0.2) is 0 Å². The second kappa shape index (κ2) is 44.4. The fourth-order valence-electron chi connectivity index (χ4n) is 17.4. The van der Waals surface area contributed by atoms with Crippen LogP contribution in [-0.4, -0.2) is 54.1 Å². The van der Waals surface area contributed by atoms with Crippen LogP contribution in [0.3, 0.4) is 0 Å². The average molecular weight is 2280 g/mol. The largest absolute Gasteiger partial charge is 0.305 e. The second-order valence-electron chi connectivity index (χ2n) is 35.8. The molecule has 3 fully saturated rings. The third-order valence-electron chi connectivity index (χ3n) is 24.2. The van der Waals surface area contributed by atoms with Crippen molar-refractivity contribution in [1.82, 2.24) is 29.9 Å². The van der Waals surface area contributed by atoms with Crippen LogP contribution >= 0.6 is 34.0 Å². The molecule has 9 heterocycles. The van der Waals surface area contributed by atoms with Gasteiger partial charge in [-0.15, -0.1) is 179 Å². The van der Waals surface area contributed by atoms with Gasteiger partial charge in [0.25, 0.3) is 0 Å². The predicted octanol–water partition coefficient (Wildman–Crippen LogP) is 30.2. The summed E-state index contributed by atoms with van der Waals surface area (Å²) in [7, 11) is -4.05. The normalized spacial score (nSPS) is 13.8. The Morgan fingerprint density at radius 2 is 0.611 bits per heavy atom. The average Bonchev–Trinajstić information content (AvgIpc) is 1.63. The SMILES string of the molecule is C[Si](C)(C)c1ccc2c(c1)sc1c(-c3cc(C4CCCCC4)ccn3)[c-]ccc12.C[Si](C)(C)c1ccc2sc3c(-c4cc(C5CCCCC5)ccn4)[c-]ccc3c2c1.C[Si](C)(C)c1cccc2c1sc1c(-c3cc(C4CCCCC4)ccn3)[c-]ccc12.[Ir].[Ir].[Ir].[c-]1ccccc1-c1ccccn1.[c-]1ccccc1-c1ccccn1.[c-]1ccccc1-c1ccccn1. The van der Waals surface area contributed by atoms with Crippen LogP contribution < -0.4 is 15.6 Å². The van der Waals surface area contributed by atoms with Crippen LogP contribution in [0.15, 0.2) is 292 Å². The Labute approximate surface area is 802 Å². The van der Waals surface area contributed by atoms with Crippen LogP contribution in [0.5, 0.6) is 0 Å². The molecule has 0 aliphatic heterocycles. The third-order valence-corrected chi connectivity index (χ3v) is 34.1. The number of thiophene rings is 3. The van der Waals surface area contributed by atoms with Crippen LogP contribution in [0.4, 0.5) is 0 Å². The van der Waals surface area contributed by atoms with Crippen LogP contribution in [0.1, 0.15) is 131 Å². The number of pyridine rings is 6. The molecule has 15 heteroatoms. The van der Waals surface area contributed by atoms with E-state index in [1.54, 1.807) is 23.8 Å². The Balaban J connectivity index is 0.000000134. The fraction of sp³-hybridized carbons (Fsp3) is 0.243. The van der Waals surface area contributed by atoms with E-state index >= 15 is 0 Å². The minimum absolute atomic E-state index is 0. The van der Waals surface area contributed by atoms with E-state index in [0.29, 0.717) is 17.8 Å². The van der Waals surface area contributed by atoms with Crippen LogP contribution in [0.2, 0.25) is 58.9 Å². The maximum atomic E-state index is 4.78. The number of hydrogen-bond acceptors (Lipinski definition) is 9. The molecule has 0 amide bonds. The molecule has 3 saturated carbocycles. The first-order valence-electron chi connectivity index (χ1n) is 44.1. The van der Waals surface area contributed by atoms with Gasteiger partial charge in [-0.2, -0.15) is 34.0 Å². The summed E-state index contributed by atoms with van der Waals surface area (Å²) in [5.74, 6) is 2.10. The first-order chi connectivity index (χ1) is 59.9. The zero-order valence-electron chi connectivity index (χ0n) is 73.5. The molecule has 0 saturated heterocycles. The molecule has 0 N–H and O–H groups in total. The number of fused-ring (bicyclic) bond motifs is 9. The smallest absolute Gasteiger partial charge is 0.0794 e. The summed E-state index contributed by atoms with van der Waals surface area (Å²) < 4.78 is 8.20. The zero-order valence-corrected chi connectivity index (χ0v) is 86.1. The number of rotatable bonds is 12. The molecular weight excluding hydrogens is 2170 g/mol. The Kier molecular flexibility index (Phi) is 33.4. The summed E-state index contributed by atoms with van der Waals surface area (Å²) in [6.45, 7) is 21.8. The second-order valence-corrected chi connectivity index (χ2v) is 54.2. The molecule has 9 aromatic carbocycles. The van der Waals surface area contributed by atoms with Crippen LogP contribution in [0.25, 0.3) is 128 Å². The minimum Gasteiger partial charge on any atom is -0.305 e. The fourth-order valence-corrected chi connectivity index (χ4v) is 26.0. The molecule has 0 atom stereocenters.